The summed E-state index contributed by atoms with van der Waals surface area (Å²) in [5.41, 5.74) is 8.38. The maximum absolute atomic E-state index is 13.3. The molecule has 3 aromatic rings. The van der Waals surface area contributed by atoms with Gasteiger partial charge in [-0.05, 0) is 59.5 Å². The van der Waals surface area contributed by atoms with Crippen molar-refractivity contribution >= 4 is 17.6 Å². The van der Waals surface area contributed by atoms with Crippen LogP contribution >= 0.6 is 0 Å². The fraction of sp³-hybridized carbons (Fsp3) is 0.355. The number of nitrogens with one attached hydrogen (secondary N) is 2. The Morgan fingerprint density at radius 1 is 0.850 bits per heavy atom. The molecule has 9 heteroatoms. The zero-order valence-electron chi connectivity index (χ0n) is 22.9. The van der Waals surface area contributed by atoms with E-state index in [2.05, 4.69) is 40.4 Å². The zero-order chi connectivity index (χ0) is 27.9. The Balaban J connectivity index is 1.56. The highest BCUT2D eigenvalue weighted by molar-refractivity contribution is 5.93. The quantitative estimate of drug-likeness (QED) is 0.311. The molecule has 2 saturated heterocycles. The van der Waals surface area contributed by atoms with Crippen LogP contribution in [0.15, 0.2) is 66.7 Å². The van der Waals surface area contributed by atoms with Gasteiger partial charge in [0.25, 0.3) is 5.91 Å². The SMILES string of the molecule is CN1CCN(Cc2c(-c3ccccc3)ccc(NC(=O)N3CCOCC3)c2Cc2ccc(C(=O)NO)cc2)CC1. The van der Waals surface area contributed by atoms with Crippen molar-refractivity contribution in [2.24, 2.45) is 0 Å². The molecule has 0 unspecified atom stereocenters. The molecule has 3 aromatic carbocycles. The Hall–Kier alpha value is -3.76. The van der Waals surface area contributed by atoms with Gasteiger partial charge in [-0.3, -0.25) is 14.9 Å². The largest absolute Gasteiger partial charge is 0.378 e. The second-order valence-electron chi connectivity index (χ2n) is 10.4. The van der Waals surface area contributed by atoms with E-state index in [0.717, 1.165) is 60.7 Å². The number of piperazine rings is 1. The number of nitrogens with zero attached hydrogens (tertiary/aromatic N) is 3. The third-order valence-corrected chi connectivity index (χ3v) is 7.73. The maximum Gasteiger partial charge on any atom is 0.322 e. The Kier molecular flexibility index (Phi) is 9.08. The lowest BCUT2D eigenvalue weighted by Gasteiger charge is -2.34. The number of likely N-dealkylation sites (N-methyl/N-ethyl adjacent to an activating group) is 1. The van der Waals surface area contributed by atoms with Gasteiger partial charge in [-0.1, -0.05) is 48.5 Å². The first kappa shape index (κ1) is 27.8. The monoisotopic (exact) mass is 543 g/mol. The van der Waals surface area contributed by atoms with Crippen LogP contribution in [0.25, 0.3) is 11.1 Å². The Morgan fingerprint density at radius 2 is 1.55 bits per heavy atom. The van der Waals surface area contributed by atoms with Crippen molar-refractivity contribution in [1.29, 1.82) is 0 Å². The molecule has 0 atom stereocenters. The van der Waals surface area contributed by atoms with Crippen LogP contribution in [0.2, 0.25) is 0 Å². The number of urea groups is 1. The lowest BCUT2D eigenvalue weighted by Crippen LogP contribution is -2.44. The van der Waals surface area contributed by atoms with E-state index in [9.17, 15) is 9.59 Å². The summed E-state index contributed by atoms with van der Waals surface area (Å²) in [7, 11) is 2.15. The topological polar surface area (TPSA) is 97.4 Å². The van der Waals surface area contributed by atoms with Crippen molar-refractivity contribution in [3.63, 3.8) is 0 Å². The summed E-state index contributed by atoms with van der Waals surface area (Å²) in [5, 5.41) is 12.2. The van der Waals surface area contributed by atoms with Crippen molar-refractivity contribution < 1.29 is 19.5 Å². The highest BCUT2D eigenvalue weighted by atomic mass is 16.5. The molecule has 40 heavy (non-hydrogen) atoms. The molecule has 0 aliphatic carbocycles. The minimum absolute atomic E-state index is 0.127. The fourth-order valence-corrected chi connectivity index (χ4v) is 5.31. The molecule has 2 heterocycles. The summed E-state index contributed by atoms with van der Waals surface area (Å²) in [5.74, 6) is -0.549. The summed E-state index contributed by atoms with van der Waals surface area (Å²) in [6.45, 7) is 6.93. The van der Waals surface area contributed by atoms with Crippen LogP contribution in [0, 0.1) is 0 Å². The van der Waals surface area contributed by atoms with Gasteiger partial charge in [-0.2, -0.15) is 0 Å². The zero-order valence-corrected chi connectivity index (χ0v) is 22.9. The van der Waals surface area contributed by atoms with Crippen LogP contribution < -0.4 is 10.8 Å². The molecule has 2 fully saturated rings. The molecule has 9 nitrogen and oxygen atoms in total. The normalized spacial score (nSPS) is 16.5. The number of rotatable bonds is 7. The number of anilines is 1. The molecule has 2 aliphatic rings. The van der Waals surface area contributed by atoms with E-state index in [4.69, 9.17) is 9.94 Å². The van der Waals surface area contributed by atoms with E-state index in [1.165, 1.54) is 5.56 Å². The first-order chi connectivity index (χ1) is 19.5. The van der Waals surface area contributed by atoms with Crippen molar-refractivity contribution in [3.05, 3.63) is 89.0 Å². The predicted molar refractivity (Wildman–Crippen MR) is 155 cm³/mol. The maximum atomic E-state index is 13.3. The lowest BCUT2D eigenvalue weighted by molar-refractivity contribution is 0.0564. The third-order valence-electron chi connectivity index (χ3n) is 7.73. The smallest absolute Gasteiger partial charge is 0.322 e. The fourth-order valence-electron chi connectivity index (χ4n) is 5.31. The van der Waals surface area contributed by atoms with Crippen LogP contribution in [0.1, 0.15) is 27.0 Å². The second kappa shape index (κ2) is 13.1. The van der Waals surface area contributed by atoms with E-state index in [1.807, 2.05) is 36.4 Å². The van der Waals surface area contributed by atoms with Gasteiger partial charge in [-0.25, -0.2) is 10.3 Å². The van der Waals surface area contributed by atoms with Gasteiger partial charge >= 0.3 is 6.03 Å². The van der Waals surface area contributed by atoms with Gasteiger partial charge in [0.05, 0.1) is 13.2 Å². The number of hydrogen-bond donors (Lipinski definition) is 3. The van der Waals surface area contributed by atoms with Crippen LogP contribution in [0.3, 0.4) is 0 Å². The summed E-state index contributed by atoms with van der Waals surface area (Å²) < 4.78 is 5.44. The van der Waals surface area contributed by atoms with Crippen LogP contribution in [-0.4, -0.2) is 91.4 Å². The summed E-state index contributed by atoms with van der Waals surface area (Å²) >= 11 is 0. The lowest BCUT2D eigenvalue weighted by atomic mass is 9.90. The van der Waals surface area contributed by atoms with Crippen molar-refractivity contribution in [2.45, 2.75) is 13.0 Å². The molecule has 3 N–H and O–H groups in total. The average Bonchev–Trinajstić information content (AvgIpc) is 3.00. The number of hydroxylamine groups is 1. The number of amides is 3. The van der Waals surface area contributed by atoms with Crippen LogP contribution in [-0.2, 0) is 17.7 Å². The summed E-state index contributed by atoms with van der Waals surface area (Å²) in [6.07, 6.45) is 0.573. The molecule has 0 bridgehead atoms. The number of morpholine rings is 1. The first-order valence-electron chi connectivity index (χ1n) is 13.8. The molecule has 3 amide bonds. The van der Waals surface area contributed by atoms with Gasteiger partial charge in [0.2, 0.25) is 0 Å². The van der Waals surface area contributed by atoms with Crippen LogP contribution in [0.5, 0.6) is 0 Å². The minimum atomic E-state index is -0.549. The number of hydrogen-bond acceptors (Lipinski definition) is 6. The molecule has 5 rings (SSSR count). The average molecular weight is 544 g/mol. The van der Waals surface area contributed by atoms with E-state index < -0.39 is 5.91 Å². The van der Waals surface area contributed by atoms with E-state index >= 15 is 0 Å². The van der Waals surface area contributed by atoms with E-state index in [0.29, 0.717) is 38.3 Å². The highest BCUT2D eigenvalue weighted by Gasteiger charge is 2.23. The molecule has 0 saturated carbocycles. The number of benzene rings is 3. The summed E-state index contributed by atoms with van der Waals surface area (Å²) in [4.78, 5) is 31.8. The molecular weight excluding hydrogens is 506 g/mol. The number of carbonyl (C=O) groups is 2. The van der Waals surface area contributed by atoms with E-state index in [1.54, 1.807) is 22.5 Å². The molecule has 2 aliphatic heterocycles. The molecule has 0 spiro atoms. The predicted octanol–water partition coefficient (Wildman–Crippen LogP) is 3.67. The Morgan fingerprint density at radius 3 is 2.23 bits per heavy atom. The first-order valence-corrected chi connectivity index (χ1v) is 13.8. The third kappa shape index (κ3) is 6.68. The van der Waals surface area contributed by atoms with Gasteiger partial charge < -0.3 is 19.9 Å². The number of carbonyl (C=O) groups excluding carboxylic acids is 2. The van der Waals surface area contributed by atoms with Gasteiger partial charge in [-0.15, -0.1) is 0 Å². The highest BCUT2D eigenvalue weighted by Crippen LogP contribution is 2.34. The van der Waals surface area contributed by atoms with Gasteiger partial charge in [0.1, 0.15) is 0 Å². The van der Waals surface area contributed by atoms with Crippen molar-refractivity contribution in [1.82, 2.24) is 20.2 Å². The van der Waals surface area contributed by atoms with Crippen LogP contribution in [0.4, 0.5) is 10.5 Å². The van der Waals surface area contributed by atoms with Gasteiger partial charge in [0, 0.05) is 57.1 Å². The molecule has 210 valence electrons. The summed E-state index contributed by atoms with van der Waals surface area (Å²) in [6, 6.07) is 21.6. The van der Waals surface area contributed by atoms with Crippen molar-refractivity contribution in [2.75, 3.05) is 64.8 Å². The standard InChI is InChI=1S/C31H37N5O4/c1-34-13-15-35(16-14-34)22-28-26(24-5-3-2-4-6-24)11-12-29(32-31(38)36-17-19-40-20-18-36)27(28)21-23-7-9-25(10-8-23)30(37)33-39/h2-12,39H,13-22H2,1H3,(H,32,38)(H,33,37). The molecule has 0 radical (unpaired) electrons. The Bertz CT molecular complexity index is 1300. The minimum Gasteiger partial charge on any atom is -0.378 e. The molecular formula is C31H37N5O4. The van der Waals surface area contributed by atoms with Gasteiger partial charge in [0.15, 0.2) is 0 Å². The molecule has 0 aromatic heterocycles. The van der Waals surface area contributed by atoms with Crippen molar-refractivity contribution in [3.8, 4) is 11.1 Å². The number of ether oxygens (including phenoxy) is 1. The second-order valence-corrected chi connectivity index (χ2v) is 10.4. The Labute approximate surface area is 235 Å². The van der Waals surface area contributed by atoms with E-state index in [-0.39, 0.29) is 6.03 Å².